The Morgan fingerprint density at radius 2 is 1.96 bits per heavy atom. The lowest BCUT2D eigenvalue weighted by Crippen LogP contribution is -2.45. The summed E-state index contributed by atoms with van der Waals surface area (Å²) in [6, 6.07) is 6.48. The van der Waals surface area contributed by atoms with Gasteiger partial charge in [0.15, 0.2) is 5.96 Å². The van der Waals surface area contributed by atoms with Gasteiger partial charge in [-0.25, -0.2) is 0 Å². The highest BCUT2D eigenvalue weighted by atomic mass is 127. The Morgan fingerprint density at radius 3 is 2.63 bits per heavy atom. The molecule has 0 radical (unpaired) electrons. The number of hydrogen-bond acceptors (Lipinski definition) is 3. The number of hydrogen-bond donors (Lipinski definition) is 3. The number of aryl methyl sites for hydroxylation is 1. The van der Waals surface area contributed by atoms with Gasteiger partial charge in [0.25, 0.3) is 0 Å². The standard InChI is InChI=1S/C20H32N4O2.HI/c1-4-26-18-12-15(2)10-11-16(18)13-22-20(21-3)23-14-19(25)24-17-8-6-5-7-9-17;/h10-12,17H,4-9,13-14H2,1-3H3,(H,24,25)(H2,21,22,23);1H. The molecule has 0 bridgehead atoms. The lowest BCUT2D eigenvalue weighted by molar-refractivity contribution is -0.120. The predicted molar refractivity (Wildman–Crippen MR) is 121 cm³/mol. The van der Waals surface area contributed by atoms with E-state index in [9.17, 15) is 4.79 Å². The topological polar surface area (TPSA) is 74.8 Å². The minimum Gasteiger partial charge on any atom is -0.494 e. The largest absolute Gasteiger partial charge is 0.494 e. The Morgan fingerprint density at radius 1 is 1.22 bits per heavy atom. The van der Waals surface area contributed by atoms with Crippen molar-refractivity contribution in [1.29, 1.82) is 0 Å². The first-order chi connectivity index (χ1) is 12.6. The second-order valence-corrected chi connectivity index (χ2v) is 6.73. The van der Waals surface area contributed by atoms with E-state index in [1.54, 1.807) is 7.05 Å². The summed E-state index contributed by atoms with van der Waals surface area (Å²) in [5.41, 5.74) is 2.23. The molecule has 3 N–H and O–H groups in total. The summed E-state index contributed by atoms with van der Waals surface area (Å²) < 4.78 is 5.70. The Kier molecular flexibility index (Phi) is 11.2. The molecule has 7 heteroatoms. The Labute approximate surface area is 179 Å². The third kappa shape index (κ3) is 8.36. The van der Waals surface area contributed by atoms with Crippen LogP contribution in [0.4, 0.5) is 0 Å². The molecular weight excluding hydrogens is 455 g/mol. The van der Waals surface area contributed by atoms with E-state index in [2.05, 4.69) is 33.1 Å². The number of carbonyl (C=O) groups excluding carboxylic acids is 1. The first-order valence-corrected chi connectivity index (χ1v) is 9.58. The number of amides is 1. The van der Waals surface area contributed by atoms with Crippen LogP contribution in [0.5, 0.6) is 5.75 Å². The van der Waals surface area contributed by atoms with Crippen LogP contribution in [0, 0.1) is 6.92 Å². The maximum Gasteiger partial charge on any atom is 0.239 e. The van der Waals surface area contributed by atoms with Crippen molar-refractivity contribution in [2.45, 2.75) is 58.5 Å². The minimum absolute atomic E-state index is 0. The number of halogens is 1. The van der Waals surface area contributed by atoms with E-state index < -0.39 is 0 Å². The molecule has 0 saturated heterocycles. The van der Waals surface area contributed by atoms with E-state index in [0.717, 1.165) is 24.2 Å². The second-order valence-electron chi connectivity index (χ2n) is 6.73. The fourth-order valence-corrected chi connectivity index (χ4v) is 3.19. The van der Waals surface area contributed by atoms with E-state index in [0.29, 0.717) is 25.2 Å². The van der Waals surface area contributed by atoms with E-state index in [-0.39, 0.29) is 36.4 Å². The summed E-state index contributed by atoms with van der Waals surface area (Å²) in [7, 11) is 1.70. The van der Waals surface area contributed by atoms with E-state index >= 15 is 0 Å². The normalized spacial score (nSPS) is 14.9. The van der Waals surface area contributed by atoms with Crippen molar-refractivity contribution in [2.75, 3.05) is 20.2 Å². The fraction of sp³-hybridized carbons (Fsp3) is 0.600. The minimum atomic E-state index is 0. The highest BCUT2D eigenvalue weighted by Gasteiger charge is 2.15. The zero-order valence-corrected chi connectivity index (χ0v) is 19.0. The molecule has 0 unspecified atom stereocenters. The van der Waals surface area contributed by atoms with Gasteiger partial charge in [-0.3, -0.25) is 9.79 Å². The van der Waals surface area contributed by atoms with Gasteiger partial charge in [-0.05, 0) is 38.3 Å². The van der Waals surface area contributed by atoms with Crippen LogP contribution >= 0.6 is 24.0 Å². The molecule has 1 saturated carbocycles. The molecule has 152 valence electrons. The van der Waals surface area contributed by atoms with Gasteiger partial charge >= 0.3 is 0 Å². The smallest absolute Gasteiger partial charge is 0.239 e. The molecule has 0 spiro atoms. The van der Waals surface area contributed by atoms with Gasteiger partial charge in [0.1, 0.15) is 5.75 Å². The van der Waals surface area contributed by atoms with Crippen LogP contribution in [0.1, 0.15) is 50.2 Å². The van der Waals surface area contributed by atoms with E-state index in [1.165, 1.54) is 24.8 Å². The van der Waals surface area contributed by atoms with Crippen molar-refractivity contribution < 1.29 is 9.53 Å². The number of guanidine groups is 1. The Balaban J connectivity index is 0.00000364. The number of carbonyl (C=O) groups is 1. The van der Waals surface area contributed by atoms with Crippen molar-refractivity contribution in [1.82, 2.24) is 16.0 Å². The van der Waals surface area contributed by atoms with Crippen LogP contribution in [-0.2, 0) is 11.3 Å². The summed E-state index contributed by atoms with van der Waals surface area (Å²) in [6.45, 7) is 5.46. The van der Waals surface area contributed by atoms with Gasteiger partial charge in [0.05, 0.1) is 13.2 Å². The van der Waals surface area contributed by atoms with Crippen LogP contribution in [0.25, 0.3) is 0 Å². The summed E-state index contributed by atoms with van der Waals surface area (Å²) >= 11 is 0. The quantitative estimate of drug-likeness (QED) is 0.313. The molecule has 1 fully saturated rings. The average Bonchev–Trinajstić information content (AvgIpc) is 2.64. The van der Waals surface area contributed by atoms with Gasteiger partial charge in [-0.15, -0.1) is 24.0 Å². The number of benzene rings is 1. The maximum absolute atomic E-state index is 12.1. The van der Waals surface area contributed by atoms with Gasteiger partial charge in [-0.2, -0.15) is 0 Å². The van der Waals surface area contributed by atoms with Gasteiger partial charge in [0, 0.05) is 25.2 Å². The summed E-state index contributed by atoms with van der Waals surface area (Å²) in [5.74, 6) is 1.50. The Hall–Kier alpha value is -1.51. The highest BCUT2D eigenvalue weighted by Crippen LogP contribution is 2.20. The first kappa shape index (κ1) is 23.5. The van der Waals surface area contributed by atoms with Crippen LogP contribution < -0.4 is 20.7 Å². The zero-order valence-electron chi connectivity index (χ0n) is 16.6. The van der Waals surface area contributed by atoms with Crippen LogP contribution in [0.3, 0.4) is 0 Å². The number of rotatable bonds is 7. The summed E-state index contributed by atoms with van der Waals surface area (Å²) in [4.78, 5) is 16.3. The van der Waals surface area contributed by atoms with Crippen molar-refractivity contribution >= 4 is 35.8 Å². The van der Waals surface area contributed by atoms with Crippen molar-refractivity contribution in [3.8, 4) is 5.75 Å². The van der Waals surface area contributed by atoms with E-state index in [1.807, 2.05) is 19.9 Å². The lowest BCUT2D eigenvalue weighted by atomic mass is 9.95. The molecule has 1 aromatic carbocycles. The summed E-state index contributed by atoms with van der Waals surface area (Å²) in [5, 5.41) is 9.42. The Bertz CT molecular complexity index is 616. The van der Waals surface area contributed by atoms with Crippen LogP contribution in [-0.4, -0.2) is 38.1 Å². The third-order valence-electron chi connectivity index (χ3n) is 4.58. The predicted octanol–water partition coefficient (Wildman–Crippen LogP) is 3.13. The monoisotopic (exact) mass is 488 g/mol. The molecule has 0 heterocycles. The lowest BCUT2D eigenvalue weighted by Gasteiger charge is -2.23. The molecule has 0 aliphatic heterocycles. The zero-order chi connectivity index (χ0) is 18.8. The molecule has 1 aliphatic rings. The molecular formula is C20H33IN4O2. The van der Waals surface area contributed by atoms with Gasteiger partial charge in [0.2, 0.25) is 5.91 Å². The molecule has 27 heavy (non-hydrogen) atoms. The number of nitrogens with one attached hydrogen (secondary N) is 3. The molecule has 0 atom stereocenters. The molecule has 2 rings (SSSR count). The van der Waals surface area contributed by atoms with Crippen LogP contribution in [0.15, 0.2) is 23.2 Å². The molecule has 1 amide bonds. The van der Waals surface area contributed by atoms with Crippen molar-refractivity contribution in [3.05, 3.63) is 29.3 Å². The number of aliphatic imine (C=N–C) groups is 1. The maximum atomic E-state index is 12.1. The van der Waals surface area contributed by atoms with Crippen molar-refractivity contribution in [2.24, 2.45) is 4.99 Å². The van der Waals surface area contributed by atoms with E-state index in [4.69, 9.17) is 4.74 Å². The summed E-state index contributed by atoms with van der Waals surface area (Å²) in [6.07, 6.45) is 5.88. The number of nitrogens with zero attached hydrogens (tertiary/aromatic N) is 1. The molecule has 1 aliphatic carbocycles. The SMILES string of the molecule is CCOc1cc(C)ccc1CNC(=NC)NCC(=O)NC1CCCCC1.I. The van der Waals surface area contributed by atoms with Crippen molar-refractivity contribution in [3.63, 3.8) is 0 Å². The molecule has 0 aromatic heterocycles. The highest BCUT2D eigenvalue weighted by molar-refractivity contribution is 14.0. The first-order valence-electron chi connectivity index (χ1n) is 9.58. The number of ether oxygens (including phenoxy) is 1. The third-order valence-corrected chi connectivity index (χ3v) is 4.58. The van der Waals surface area contributed by atoms with Crippen LogP contribution in [0.2, 0.25) is 0 Å². The second kappa shape index (κ2) is 12.8. The van der Waals surface area contributed by atoms with Gasteiger partial charge < -0.3 is 20.7 Å². The van der Waals surface area contributed by atoms with Gasteiger partial charge in [-0.1, -0.05) is 31.4 Å². The molecule has 6 nitrogen and oxygen atoms in total. The molecule has 1 aromatic rings. The average molecular weight is 488 g/mol. The fourth-order valence-electron chi connectivity index (χ4n) is 3.19.